The lowest BCUT2D eigenvalue weighted by molar-refractivity contribution is -0.929. The number of quaternary nitrogens is 2. The molecule has 0 aliphatic rings. The fraction of sp³-hybridized carbons (Fsp3) is 1.00. The first-order valence-corrected chi connectivity index (χ1v) is 26.7. The molecule has 0 spiro atoms. The van der Waals surface area contributed by atoms with Crippen molar-refractivity contribution in [2.24, 2.45) is 0 Å². The number of hydrogen-bond donors (Lipinski definition) is 0. The third-order valence-corrected chi connectivity index (χ3v) is 13.7. The molecule has 52 heavy (non-hydrogen) atoms. The van der Waals surface area contributed by atoms with E-state index in [1.54, 1.807) is 0 Å². The topological polar surface area (TPSA) is 18.5 Å². The molecule has 0 unspecified atom stereocenters. The molecule has 0 saturated carbocycles. The van der Waals surface area contributed by atoms with Gasteiger partial charge < -0.3 is 47.2 Å². The maximum atomic E-state index is 5.89. The Hall–Kier alpha value is 1.32. The fourth-order valence-electron chi connectivity index (χ4n) is 7.91. The van der Waals surface area contributed by atoms with E-state index in [-0.39, 0.29) is 17.0 Å². The normalized spacial score (nSPS) is 12.4. The minimum atomic E-state index is -2.50. The van der Waals surface area contributed by atoms with Crippen molar-refractivity contribution in [2.75, 3.05) is 65.6 Å². The Labute approximate surface area is 349 Å². The lowest BCUT2D eigenvalue weighted by atomic mass is 10.1. The molecule has 0 aromatic heterocycles. The molecule has 0 aliphatic carbocycles. The molecule has 0 rings (SSSR count). The summed E-state index contributed by atoms with van der Waals surface area (Å²) in [6.07, 6.45) is 37.3. The average Bonchev–Trinajstić information content (AvgIpc) is 3.13. The van der Waals surface area contributed by atoms with Gasteiger partial charge >= 0.3 is 0 Å². The van der Waals surface area contributed by atoms with Crippen LogP contribution >= 0.6 is 5.69 Å². The van der Waals surface area contributed by atoms with Crippen LogP contribution in [0.4, 0.5) is 0 Å². The number of unbranched alkanes of at least 4 members (excludes halogenated alkanes) is 20. The van der Waals surface area contributed by atoms with Crippen molar-refractivity contribution in [1.29, 1.82) is 0 Å². The van der Waals surface area contributed by atoms with Crippen molar-refractivity contribution in [2.45, 2.75) is 221 Å². The van der Waals surface area contributed by atoms with E-state index in [9.17, 15) is 0 Å². The lowest BCUT2D eigenvalue weighted by Gasteiger charge is -2.39. The summed E-state index contributed by atoms with van der Waals surface area (Å²) in [5.41, 5.74) is -2.50. The molecular formula is C44H94BrN2O2PS2. The predicted octanol–water partition coefficient (Wildman–Crippen LogP) is 11.5. The Balaban J connectivity index is 0. The van der Waals surface area contributed by atoms with E-state index in [1.807, 2.05) is 0 Å². The van der Waals surface area contributed by atoms with Crippen LogP contribution in [0.15, 0.2) is 0 Å². The summed E-state index contributed by atoms with van der Waals surface area (Å²) in [6.45, 7) is 26.7. The summed E-state index contributed by atoms with van der Waals surface area (Å²) in [4.78, 5) is 0. The standard InChI is InChI=1S/C44H94N2O2PS2.BrH/c1-7-13-35-45(36-14-8-2,37-15-9-3)41-31-27-23-19-21-25-29-33-43-47-49(50,51)48-44-34-30-26-22-20-24-28-32-42-46(38-16-10-4,39-17-11-5)40-18-12-6;/h7-44H2,1-6H3;1H/q+1;/p-1. The van der Waals surface area contributed by atoms with Crippen LogP contribution in [0.5, 0.6) is 0 Å². The van der Waals surface area contributed by atoms with Crippen molar-refractivity contribution in [3.05, 3.63) is 0 Å². The van der Waals surface area contributed by atoms with E-state index < -0.39 is 5.69 Å². The minimum Gasteiger partial charge on any atom is -1.00 e. The van der Waals surface area contributed by atoms with Gasteiger partial charge in [-0.3, -0.25) is 0 Å². The van der Waals surface area contributed by atoms with E-state index in [0.717, 1.165) is 12.8 Å². The molecule has 0 bridgehead atoms. The van der Waals surface area contributed by atoms with Crippen molar-refractivity contribution >= 4 is 29.7 Å². The summed E-state index contributed by atoms with van der Waals surface area (Å²) in [5, 5.41) is 0. The van der Waals surface area contributed by atoms with Gasteiger partial charge in [-0.25, -0.2) is 0 Å². The third kappa shape index (κ3) is 32.4. The molecule has 0 fully saturated rings. The summed E-state index contributed by atoms with van der Waals surface area (Å²) < 4.78 is 14.6. The highest BCUT2D eigenvalue weighted by Gasteiger charge is 2.26. The average molecular weight is 858 g/mol. The monoisotopic (exact) mass is 857 g/mol. The minimum absolute atomic E-state index is 0. The Morgan fingerprint density at radius 1 is 0.346 bits per heavy atom. The number of hydrogen-bond acceptors (Lipinski definition) is 4. The molecule has 0 aliphatic heterocycles. The van der Waals surface area contributed by atoms with Gasteiger partial charge in [-0.15, -0.1) is 0 Å². The molecule has 8 heteroatoms. The number of nitrogens with zero attached hydrogens (tertiary/aromatic N) is 2. The third-order valence-electron chi connectivity index (χ3n) is 11.5. The summed E-state index contributed by atoms with van der Waals surface area (Å²) in [7, 11) is 0. The Kier molecular flexibility index (Phi) is 41.7. The van der Waals surface area contributed by atoms with Crippen LogP contribution in [-0.2, 0) is 33.1 Å². The second kappa shape index (κ2) is 39.2. The van der Waals surface area contributed by atoms with Gasteiger partial charge in [0, 0.05) is 0 Å². The summed E-state index contributed by atoms with van der Waals surface area (Å²) in [6, 6.07) is 0. The molecule has 4 nitrogen and oxygen atoms in total. The zero-order chi connectivity index (χ0) is 37.8. The first-order chi connectivity index (χ1) is 24.8. The fourth-order valence-corrected chi connectivity index (χ4v) is 9.59. The number of halogens is 1. The first-order valence-electron chi connectivity index (χ1n) is 23.1. The smallest absolute Gasteiger partial charge is 0.0786 e. The molecule has 0 saturated heterocycles. The SMILES string of the molecule is CCCC[N+](CCCC)(CCCC)CCCCCCCCCCOP(=S)([S-])OCCCCCCCCCC[N+](CCCC)(CCCC)CCCC.[Br-]. The molecule has 0 heterocycles. The van der Waals surface area contributed by atoms with E-state index >= 15 is 0 Å². The zero-order valence-electron chi connectivity index (χ0n) is 36.2. The molecule has 0 amide bonds. The van der Waals surface area contributed by atoms with Gasteiger partial charge in [0.15, 0.2) is 0 Å². The zero-order valence-corrected chi connectivity index (χ0v) is 40.3. The van der Waals surface area contributed by atoms with Crippen LogP contribution in [0.2, 0.25) is 0 Å². The van der Waals surface area contributed by atoms with Crippen molar-refractivity contribution in [3.63, 3.8) is 0 Å². The highest BCUT2D eigenvalue weighted by molar-refractivity contribution is 8.51. The van der Waals surface area contributed by atoms with Crippen LogP contribution in [0.1, 0.15) is 221 Å². The van der Waals surface area contributed by atoms with Crippen LogP contribution in [0, 0.1) is 0 Å². The highest BCUT2D eigenvalue weighted by Crippen LogP contribution is 2.46. The van der Waals surface area contributed by atoms with E-state index in [0.29, 0.717) is 13.2 Å². The van der Waals surface area contributed by atoms with Gasteiger partial charge in [0.2, 0.25) is 0 Å². The van der Waals surface area contributed by atoms with Crippen LogP contribution in [0.25, 0.3) is 0 Å². The van der Waals surface area contributed by atoms with Crippen LogP contribution in [0.3, 0.4) is 0 Å². The maximum absolute atomic E-state index is 5.89. The van der Waals surface area contributed by atoms with Gasteiger partial charge in [0.1, 0.15) is 0 Å². The van der Waals surface area contributed by atoms with Crippen LogP contribution in [-0.4, -0.2) is 74.5 Å². The van der Waals surface area contributed by atoms with Gasteiger partial charge in [-0.2, -0.15) is 0 Å². The van der Waals surface area contributed by atoms with Crippen LogP contribution < -0.4 is 17.0 Å². The van der Waals surface area contributed by atoms with Gasteiger partial charge in [-0.1, -0.05) is 156 Å². The van der Waals surface area contributed by atoms with Crippen molar-refractivity contribution in [3.8, 4) is 0 Å². The number of rotatable bonds is 42. The molecule has 0 atom stereocenters. The lowest BCUT2D eigenvalue weighted by Crippen LogP contribution is -3.00. The quantitative estimate of drug-likeness (QED) is 0.0263. The van der Waals surface area contributed by atoms with Gasteiger partial charge in [-0.05, 0) is 77.0 Å². The van der Waals surface area contributed by atoms with E-state index in [4.69, 9.17) is 33.1 Å². The predicted molar refractivity (Wildman–Crippen MR) is 236 cm³/mol. The molecule has 316 valence electrons. The Morgan fingerprint density at radius 2 is 0.538 bits per heavy atom. The van der Waals surface area contributed by atoms with Gasteiger partial charge in [0.25, 0.3) is 0 Å². The van der Waals surface area contributed by atoms with Crippen molar-refractivity contribution < 1.29 is 35.0 Å². The molecule has 0 aromatic carbocycles. The van der Waals surface area contributed by atoms with Crippen molar-refractivity contribution in [1.82, 2.24) is 0 Å². The Morgan fingerprint density at radius 3 is 0.769 bits per heavy atom. The summed E-state index contributed by atoms with van der Waals surface area (Å²) in [5.74, 6) is 0. The molecule has 0 aromatic rings. The second-order valence-electron chi connectivity index (χ2n) is 16.4. The first kappa shape index (κ1) is 55.4. The maximum Gasteiger partial charge on any atom is 0.0786 e. The summed E-state index contributed by atoms with van der Waals surface area (Å²) >= 11 is 11.1. The van der Waals surface area contributed by atoms with E-state index in [2.05, 4.69) is 41.5 Å². The van der Waals surface area contributed by atoms with E-state index in [1.165, 1.54) is 228 Å². The largest absolute Gasteiger partial charge is 1.00 e. The molecule has 0 N–H and O–H groups in total. The molecular weight excluding hydrogens is 764 g/mol. The highest BCUT2D eigenvalue weighted by atomic mass is 79.9. The van der Waals surface area contributed by atoms with Gasteiger partial charge in [0.05, 0.1) is 71.3 Å². The second-order valence-corrected chi connectivity index (χ2v) is 21.4. The Bertz CT molecular complexity index is 677. The molecule has 0 radical (unpaired) electrons.